The zero-order valence-corrected chi connectivity index (χ0v) is 20.6. The van der Waals surface area contributed by atoms with Crippen LogP contribution in [-0.2, 0) is 14.4 Å². The molecule has 6 heteroatoms. The lowest BCUT2D eigenvalue weighted by atomic mass is 10.00. The molecule has 0 aromatic rings. The van der Waals surface area contributed by atoms with Crippen molar-refractivity contribution in [1.82, 2.24) is 0 Å². The quantitative estimate of drug-likeness (QED) is 0.194. The zero-order valence-electron chi connectivity index (χ0n) is 20.6. The maximum Gasteiger partial charge on any atom is 0.314 e. The lowest BCUT2D eigenvalue weighted by Gasteiger charge is -2.41. The summed E-state index contributed by atoms with van der Waals surface area (Å²) in [6.07, 6.45) is 15.2. The van der Waals surface area contributed by atoms with Crippen LogP contribution in [0.3, 0.4) is 0 Å². The molecular weight excluding hydrogens is 390 g/mol. The fourth-order valence-corrected chi connectivity index (χ4v) is 4.45. The van der Waals surface area contributed by atoms with Crippen molar-refractivity contribution < 1.29 is 18.9 Å². The van der Waals surface area contributed by atoms with Crippen LogP contribution in [0.5, 0.6) is 0 Å². The summed E-state index contributed by atoms with van der Waals surface area (Å²) in [6, 6.07) is -0.670. The summed E-state index contributed by atoms with van der Waals surface area (Å²) in [5.41, 5.74) is 11.1. The Kier molecular flexibility index (Phi) is 17.3. The van der Waals surface area contributed by atoms with Crippen LogP contribution in [0.15, 0.2) is 0 Å². The maximum absolute atomic E-state index is 13.5. The van der Waals surface area contributed by atoms with Gasteiger partial charge in [-0.2, -0.15) is 0 Å². The van der Waals surface area contributed by atoms with E-state index >= 15 is 0 Å². The number of primary amides is 2. The summed E-state index contributed by atoms with van der Waals surface area (Å²) in [6.45, 7) is 7.62. The smallest absolute Gasteiger partial charge is 0.314 e. The van der Waals surface area contributed by atoms with Gasteiger partial charge in [0.15, 0.2) is 6.04 Å². The Morgan fingerprint density at radius 3 is 1.52 bits per heavy atom. The van der Waals surface area contributed by atoms with Crippen LogP contribution in [0.1, 0.15) is 124 Å². The maximum atomic E-state index is 13.5. The molecule has 0 spiro atoms. The monoisotopic (exact) mass is 440 g/mol. The minimum absolute atomic E-state index is 0.0805. The van der Waals surface area contributed by atoms with Crippen LogP contribution >= 0.6 is 0 Å². The summed E-state index contributed by atoms with van der Waals surface area (Å²) in [5.74, 6) is -0.839. The van der Waals surface area contributed by atoms with Gasteiger partial charge in [0, 0.05) is 12.8 Å². The predicted octanol–water partition coefficient (Wildman–Crippen LogP) is 4.97. The highest BCUT2D eigenvalue weighted by Gasteiger charge is 2.45. The minimum atomic E-state index is -0.670. The van der Waals surface area contributed by atoms with Gasteiger partial charge in [-0.05, 0) is 19.3 Å². The van der Waals surface area contributed by atoms with Gasteiger partial charge in [0.05, 0.1) is 19.5 Å². The lowest BCUT2D eigenvalue weighted by Crippen LogP contribution is -2.64. The van der Waals surface area contributed by atoms with E-state index in [0.717, 1.165) is 44.9 Å². The number of unbranched alkanes of at least 4 members (excludes halogenated alkanes) is 10. The third-order valence-corrected chi connectivity index (χ3v) is 6.40. The standard InChI is InChI=1S/C25H49N3O3/c1-4-7-10-11-12-13-14-15-16-17-24(30)28(20-8-5-2,21-9-6-3)22(25(27)31)18-19-23(26)29/h22H,4-21H2,1-3H3,(H3-,26,27,29,31)/p+1. The van der Waals surface area contributed by atoms with Gasteiger partial charge in [-0.15, -0.1) is 0 Å². The van der Waals surface area contributed by atoms with Crippen molar-refractivity contribution in [2.45, 2.75) is 130 Å². The van der Waals surface area contributed by atoms with Gasteiger partial charge in [-0.3, -0.25) is 14.1 Å². The highest BCUT2D eigenvalue weighted by atomic mass is 16.2. The first-order valence-corrected chi connectivity index (χ1v) is 12.8. The summed E-state index contributed by atoms with van der Waals surface area (Å²) >= 11 is 0. The Labute approximate surface area is 191 Å². The predicted molar refractivity (Wildman–Crippen MR) is 128 cm³/mol. The van der Waals surface area contributed by atoms with Crippen LogP contribution in [0.25, 0.3) is 0 Å². The normalized spacial score (nSPS) is 12.6. The van der Waals surface area contributed by atoms with E-state index in [0.29, 0.717) is 19.5 Å². The third-order valence-electron chi connectivity index (χ3n) is 6.40. The molecule has 31 heavy (non-hydrogen) atoms. The molecule has 3 amide bonds. The van der Waals surface area contributed by atoms with E-state index in [4.69, 9.17) is 11.5 Å². The first-order valence-electron chi connectivity index (χ1n) is 12.8. The Morgan fingerprint density at radius 1 is 0.645 bits per heavy atom. The van der Waals surface area contributed by atoms with Gasteiger partial charge in [-0.25, -0.2) is 4.79 Å². The summed E-state index contributed by atoms with van der Waals surface area (Å²) in [5, 5.41) is 0. The molecule has 0 fully saturated rings. The Hall–Kier alpha value is -1.43. The van der Waals surface area contributed by atoms with Gasteiger partial charge < -0.3 is 11.5 Å². The fourth-order valence-electron chi connectivity index (χ4n) is 4.45. The Bertz CT molecular complexity index is 500. The van der Waals surface area contributed by atoms with Gasteiger partial charge >= 0.3 is 5.91 Å². The Morgan fingerprint density at radius 2 is 1.10 bits per heavy atom. The first kappa shape index (κ1) is 29.6. The summed E-state index contributed by atoms with van der Waals surface area (Å²) in [7, 11) is 0. The molecule has 4 N–H and O–H groups in total. The number of nitrogens with two attached hydrogens (primary N) is 2. The molecule has 0 bridgehead atoms. The second-order valence-corrected chi connectivity index (χ2v) is 9.08. The van der Waals surface area contributed by atoms with E-state index in [-0.39, 0.29) is 23.2 Å². The van der Waals surface area contributed by atoms with E-state index in [2.05, 4.69) is 20.8 Å². The van der Waals surface area contributed by atoms with Crippen molar-refractivity contribution in [3.8, 4) is 0 Å². The van der Waals surface area contributed by atoms with Crippen molar-refractivity contribution in [3.05, 3.63) is 0 Å². The summed E-state index contributed by atoms with van der Waals surface area (Å²) < 4.78 is 0.0985. The molecule has 0 aliphatic carbocycles. The van der Waals surface area contributed by atoms with Crippen molar-refractivity contribution in [2.24, 2.45) is 11.5 Å². The number of carbonyl (C=O) groups excluding carboxylic acids is 3. The van der Waals surface area contributed by atoms with Crippen LogP contribution in [0.2, 0.25) is 0 Å². The lowest BCUT2D eigenvalue weighted by molar-refractivity contribution is -0.871. The van der Waals surface area contributed by atoms with Gasteiger partial charge in [0.2, 0.25) is 5.91 Å². The molecule has 0 rings (SSSR count). The van der Waals surface area contributed by atoms with E-state index in [1.54, 1.807) is 0 Å². The molecular formula is C25H50N3O3+. The number of hydrogen-bond acceptors (Lipinski definition) is 3. The van der Waals surface area contributed by atoms with Crippen LogP contribution in [0, 0.1) is 0 Å². The van der Waals surface area contributed by atoms with Crippen LogP contribution in [0.4, 0.5) is 0 Å². The number of nitrogens with zero attached hydrogens (tertiary/aromatic N) is 1. The third kappa shape index (κ3) is 12.3. The molecule has 0 radical (unpaired) electrons. The number of carbonyl (C=O) groups is 3. The molecule has 0 aliphatic rings. The number of quaternary nitrogens is 1. The van der Waals surface area contributed by atoms with Crippen molar-refractivity contribution in [2.75, 3.05) is 13.1 Å². The first-order chi connectivity index (χ1) is 14.9. The van der Waals surface area contributed by atoms with Gasteiger partial charge in [0.1, 0.15) is 0 Å². The molecule has 1 atom stereocenters. The van der Waals surface area contributed by atoms with Crippen LogP contribution in [-0.4, -0.2) is 41.3 Å². The molecule has 0 aromatic carbocycles. The molecule has 0 saturated heterocycles. The van der Waals surface area contributed by atoms with E-state index in [9.17, 15) is 14.4 Å². The molecule has 0 aromatic heterocycles. The molecule has 0 saturated carbocycles. The number of amides is 3. The van der Waals surface area contributed by atoms with Crippen molar-refractivity contribution in [1.29, 1.82) is 0 Å². The van der Waals surface area contributed by atoms with Gasteiger partial charge in [-0.1, -0.05) is 85.0 Å². The van der Waals surface area contributed by atoms with Gasteiger partial charge in [0.25, 0.3) is 5.91 Å². The van der Waals surface area contributed by atoms with E-state index < -0.39 is 17.9 Å². The molecule has 0 aliphatic heterocycles. The van der Waals surface area contributed by atoms with Crippen molar-refractivity contribution >= 4 is 17.7 Å². The minimum Gasteiger partial charge on any atom is -0.370 e. The zero-order chi connectivity index (χ0) is 23.5. The summed E-state index contributed by atoms with van der Waals surface area (Å²) in [4.78, 5) is 37.3. The highest BCUT2D eigenvalue weighted by Crippen LogP contribution is 2.25. The van der Waals surface area contributed by atoms with E-state index in [1.165, 1.54) is 38.5 Å². The number of rotatable bonds is 21. The second-order valence-electron chi connectivity index (χ2n) is 9.08. The molecule has 0 heterocycles. The van der Waals surface area contributed by atoms with E-state index in [1.807, 2.05) is 0 Å². The van der Waals surface area contributed by atoms with Crippen molar-refractivity contribution in [3.63, 3.8) is 0 Å². The fraction of sp³-hybridized carbons (Fsp3) is 0.880. The molecule has 1 unspecified atom stereocenters. The van der Waals surface area contributed by atoms with Crippen LogP contribution < -0.4 is 11.5 Å². The Balaban J connectivity index is 5.08. The topological polar surface area (TPSA) is 103 Å². The highest BCUT2D eigenvalue weighted by molar-refractivity contribution is 5.83. The molecule has 182 valence electrons. The largest absolute Gasteiger partial charge is 0.370 e. The average Bonchev–Trinajstić information content (AvgIpc) is 2.73. The SMILES string of the molecule is CCCCCCCCCCCC(=O)[N+](CCCC)(CCCC)C(CCC(N)=O)C(N)=O. The average molecular weight is 441 g/mol. The number of hydrogen-bond donors (Lipinski definition) is 2. The second kappa shape index (κ2) is 18.2. The molecule has 6 nitrogen and oxygen atoms in total.